The van der Waals surface area contributed by atoms with Crippen LogP contribution in [-0.4, -0.2) is 232 Å². The van der Waals surface area contributed by atoms with E-state index in [1.54, 1.807) is 0 Å². The zero-order valence-electron chi connectivity index (χ0n) is 57.7. The van der Waals surface area contributed by atoms with Gasteiger partial charge in [-0.2, -0.15) is 0 Å². The Morgan fingerprint density at radius 3 is 1.14 bits per heavy atom. The van der Waals surface area contributed by atoms with E-state index in [1.807, 2.05) is 0 Å². The summed E-state index contributed by atoms with van der Waals surface area (Å²) in [5, 5.41) is 42.9. The summed E-state index contributed by atoms with van der Waals surface area (Å²) < 4.78 is 7.09. The molecule has 0 bridgehead atoms. The van der Waals surface area contributed by atoms with Crippen LogP contribution in [-0.2, 0) is 47.9 Å². The highest BCUT2D eigenvalue weighted by molar-refractivity contribution is 5.98. The summed E-state index contributed by atoms with van der Waals surface area (Å²) in [6.07, 6.45) is -1.62. The van der Waals surface area contributed by atoms with Crippen LogP contribution in [0.15, 0.2) is 42.6 Å². The Hall–Kier alpha value is -11.0. The summed E-state index contributed by atoms with van der Waals surface area (Å²) in [6, 6.07) is -9.75. The van der Waals surface area contributed by atoms with E-state index >= 15 is 0 Å². The molecule has 3 heterocycles. The summed E-state index contributed by atoms with van der Waals surface area (Å²) in [7, 11) is 0. The quantitative estimate of drug-likeness (QED) is 0.0166. The predicted octanol–water partition coefficient (Wildman–Crippen LogP) is -11.0. The van der Waals surface area contributed by atoms with Gasteiger partial charge in [-0.05, 0) is 116 Å². The van der Waals surface area contributed by atoms with Gasteiger partial charge in [-0.25, -0.2) is 15.0 Å². The number of hydrogen-bond acceptors (Lipinski definition) is 23. The van der Waals surface area contributed by atoms with E-state index in [-0.39, 0.29) is 195 Å². The first-order valence-corrected chi connectivity index (χ1v) is 33.6. The Labute approximate surface area is 594 Å². The number of nitrogens with one attached hydrogen (secondary N) is 8. The van der Waals surface area contributed by atoms with Crippen molar-refractivity contribution in [2.75, 3.05) is 58.1 Å². The highest BCUT2D eigenvalue weighted by atomic mass is 16.6. The van der Waals surface area contributed by atoms with Crippen molar-refractivity contribution in [1.82, 2.24) is 62.1 Å². The number of guanidine groups is 6. The zero-order chi connectivity index (χ0) is 76.6. The Morgan fingerprint density at radius 2 is 0.786 bits per heavy atom. The van der Waals surface area contributed by atoms with Crippen LogP contribution in [0.4, 0.5) is 5.82 Å². The topological polar surface area (TPSA) is 808 Å². The molecule has 103 heavy (non-hydrogen) atoms. The molecule has 45 nitrogen and oxygen atoms in total. The van der Waals surface area contributed by atoms with Crippen molar-refractivity contribution in [3.8, 4) is 0 Å². The number of aromatic nitrogens is 4. The fourth-order valence-corrected chi connectivity index (χ4v) is 10.4. The highest BCUT2D eigenvalue weighted by Crippen LogP contribution is 2.32. The Bertz CT molecular complexity index is 3250. The minimum atomic E-state index is -1.62. The average Bonchev–Trinajstić information content (AvgIpc) is 1.62. The zero-order valence-corrected chi connectivity index (χ0v) is 57.7. The maximum atomic E-state index is 14.8. The molecule has 576 valence electrons. The van der Waals surface area contributed by atoms with Gasteiger partial charge in [0.15, 0.2) is 59.6 Å². The maximum absolute atomic E-state index is 14.8. The normalized spacial score (nSPS) is 16.6. The fourth-order valence-electron chi connectivity index (χ4n) is 10.4. The van der Waals surface area contributed by atoms with Gasteiger partial charge in [-0.3, -0.25) is 77.7 Å². The molecule has 0 spiro atoms. The lowest BCUT2D eigenvalue weighted by Crippen LogP contribution is -2.60. The minimum absolute atomic E-state index is 0.0203. The number of aliphatic imine (C=N–C) groups is 6. The first-order chi connectivity index (χ1) is 48.9. The molecule has 11 atom stereocenters. The van der Waals surface area contributed by atoms with Crippen LogP contribution in [0.2, 0.25) is 0 Å². The largest absolute Gasteiger partial charge is 0.387 e. The van der Waals surface area contributed by atoms with Crippen molar-refractivity contribution in [3.63, 3.8) is 0 Å². The number of unbranched alkanes of at least 4 members (excludes halogenated alkanes) is 3. The number of carbonyl (C=O) groups excluding carboxylic acids is 9. The van der Waals surface area contributed by atoms with E-state index in [9.17, 15) is 53.4 Å². The number of anilines is 1. The molecule has 0 aliphatic carbocycles. The standard InChI is InChI=1S/C58H107N33O12/c59-20-4-3-12-30(43(61)95)85-46(97)32(14-7-23-76-54(64)65)87-48(99)34(16-9-25-78-56(68)69)89-50(101)36(18-11-27-80-58(72)73)90-49(100)35(17-10-26-79-57(70)71)88-47(98)33(15-8-24-77-55(66)67)86-45(96)31(13-6-22-75-53(62)63)84-37(92)19-2-1-5-21-74-51(102)41-39(93)40(94)52(103-41)91-29-83-38-42(60)81-28-82-44(38)91/h28-36,39-41,52,93-94H,1-27,59H2,(H2,61,95)(H,74,102)(H,84,92)(H,85,97)(H,86,96)(H,87,99)(H,88,98)(H,89,101)(H,90,100)(H2,60,81,82)(H4,62,63,75)(H4,64,65,76)(H4,66,67,77)(H4,68,69,78)(H4,70,71,79)(H4,72,73,80)/t30-,31-,32-,33-,34-,35-,36-,39-,40+,41-,52+/m0/s1. The number of aliphatic hydroxyl groups is 2. The minimum Gasteiger partial charge on any atom is -0.387 e. The number of primary amides is 1. The molecule has 2 aromatic rings. The number of imidazole rings is 1. The molecule has 1 aliphatic heterocycles. The second kappa shape index (κ2) is 46.5. The lowest BCUT2D eigenvalue weighted by atomic mass is 10.0. The molecular weight excluding hydrogens is 1350 g/mol. The smallest absolute Gasteiger partial charge is 0.252 e. The molecule has 1 saturated heterocycles. The number of amides is 9. The van der Waals surface area contributed by atoms with E-state index in [2.05, 4.69) is 87.4 Å². The molecular formula is C58H107N33O12. The number of ether oxygens (including phenoxy) is 1. The summed E-state index contributed by atoms with van der Waals surface area (Å²) in [6.45, 7) is 0.340. The molecule has 1 aliphatic rings. The second-order valence-corrected chi connectivity index (χ2v) is 24.0. The van der Waals surface area contributed by atoms with E-state index in [0.717, 1.165) is 0 Å². The van der Waals surface area contributed by atoms with Crippen molar-refractivity contribution in [2.24, 2.45) is 110 Å². The second-order valence-electron chi connectivity index (χ2n) is 24.0. The van der Waals surface area contributed by atoms with Gasteiger partial charge in [0.05, 0.1) is 6.33 Å². The first-order valence-electron chi connectivity index (χ1n) is 33.6. The Kier molecular flexibility index (Phi) is 38.9. The van der Waals surface area contributed by atoms with Crippen molar-refractivity contribution in [1.29, 1.82) is 0 Å². The van der Waals surface area contributed by atoms with Crippen LogP contribution in [0.5, 0.6) is 0 Å². The average molecular weight is 1460 g/mol. The van der Waals surface area contributed by atoms with Crippen LogP contribution in [0.25, 0.3) is 11.2 Å². The molecule has 0 radical (unpaired) electrons. The number of nitrogen functional groups attached to an aromatic ring is 1. The van der Waals surface area contributed by atoms with Gasteiger partial charge in [0.1, 0.15) is 66.3 Å². The Morgan fingerprint density at radius 1 is 0.437 bits per heavy atom. The molecule has 3 rings (SSSR count). The number of fused-ring (bicyclic) bond motifs is 1. The van der Waals surface area contributed by atoms with Gasteiger partial charge < -0.3 is 143 Å². The monoisotopic (exact) mass is 1460 g/mol. The third kappa shape index (κ3) is 32.9. The van der Waals surface area contributed by atoms with Crippen LogP contribution >= 0.6 is 0 Å². The number of nitrogens with zero attached hydrogens (tertiary/aromatic N) is 10. The predicted molar refractivity (Wildman–Crippen MR) is 382 cm³/mol. The molecule has 0 unspecified atom stereocenters. The van der Waals surface area contributed by atoms with E-state index in [0.29, 0.717) is 32.2 Å². The van der Waals surface area contributed by atoms with Crippen molar-refractivity contribution in [3.05, 3.63) is 12.7 Å². The molecule has 40 N–H and O–H groups in total. The molecule has 0 aromatic carbocycles. The summed E-state index contributed by atoms with van der Waals surface area (Å²) in [5.74, 6) is -8.95. The number of aliphatic hydroxyl groups excluding tert-OH is 2. The van der Waals surface area contributed by atoms with Crippen LogP contribution < -0.4 is 129 Å². The number of rotatable bonds is 50. The molecule has 1 fully saturated rings. The third-order valence-electron chi connectivity index (χ3n) is 15.6. The number of hydrogen-bond donors (Lipinski definition) is 25. The van der Waals surface area contributed by atoms with Gasteiger partial charge in [0, 0.05) is 52.2 Å². The lowest BCUT2D eigenvalue weighted by Gasteiger charge is -2.28. The van der Waals surface area contributed by atoms with Gasteiger partial charge in [-0.15, -0.1) is 0 Å². The molecule has 2 aromatic heterocycles. The van der Waals surface area contributed by atoms with Crippen molar-refractivity contribution >= 4 is 106 Å². The van der Waals surface area contributed by atoms with E-state index < -0.39 is 120 Å². The lowest BCUT2D eigenvalue weighted by molar-refractivity contribution is -0.137. The number of carbonyl (C=O) groups is 9. The first kappa shape index (κ1) is 86.3. The van der Waals surface area contributed by atoms with E-state index in [4.69, 9.17) is 90.7 Å². The maximum Gasteiger partial charge on any atom is 0.252 e. The summed E-state index contributed by atoms with van der Waals surface area (Å²) >= 11 is 0. The SMILES string of the molecule is NCCCC[C@H](NC(=O)[C@H](CCCN=C(N)N)NC(=O)[C@H](CCCN=C(N)N)NC(=O)[C@H](CCCN=C(N)N)NC(=O)[C@H](CCCN=C(N)N)NC(=O)[C@H](CCCN=C(N)N)NC(=O)[C@H](CCCN=C(N)N)NC(=O)CCCCCNC(=O)[C@H]1O[C@@H](n2cnc3c(N)ncnc32)[C@H](O)[C@@H]1O)C(N)=O. The molecule has 0 saturated carbocycles. The summed E-state index contributed by atoms with van der Waals surface area (Å²) in [4.78, 5) is 162. The molecule has 9 amide bonds. The Balaban J connectivity index is 1.91. The summed E-state index contributed by atoms with van der Waals surface area (Å²) in [5.41, 5.74) is 84.5. The number of nitrogens with two attached hydrogens (primary N) is 15. The van der Waals surface area contributed by atoms with Gasteiger partial charge >= 0.3 is 0 Å². The van der Waals surface area contributed by atoms with Crippen molar-refractivity contribution < 1.29 is 58.1 Å². The van der Waals surface area contributed by atoms with E-state index in [1.165, 1.54) is 17.2 Å². The highest BCUT2D eigenvalue weighted by Gasteiger charge is 2.48. The fraction of sp³-hybridized carbons (Fsp3) is 0.655. The van der Waals surface area contributed by atoms with Gasteiger partial charge in [-0.1, -0.05) is 6.42 Å². The molecule has 45 heteroatoms. The van der Waals surface area contributed by atoms with Crippen molar-refractivity contribution in [2.45, 2.75) is 189 Å². The van der Waals surface area contributed by atoms with Crippen LogP contribution in [0.1, 0.15) is 128 Å². The van der Waals surface area contributed by atoms with Crippen LogP contribution in [0.3, 0.4) is 0 Å². The van der Waals surface area contributed by atoms with Gasteiger partial charge in [0.25, 0.3) is 5.91 Å². The third-order valence-corrected chi connectivity index (χ3v) is 15.6. The van der Waals surface area contributed by atoms with Gasteiger partial charge in [0.2, 0.25) is 47.3 Å². The van der Waals surface area contributed by atoms with Crippen LogP contribution in [0, 0.1) is 0 Å².